The van der Waals surface area contributed by atoms with Crippen LogP contribution in [0, 0.1) is 18.8 Å². The SMILES string of the molecule is CC(C)c1cccc(C(C)C)c1-c1cc(Oc2[c-]c3c(cc2)c2cc(C(C)(C)C)ccc2n3-c2cc(C(C)(C)C)ccn2)[c-]c(N2C=CN(c3cccc(C(C)(C)c4ccccc4)c3)[CH-]2)c1.[Pt]. The summed E-state index contributed by atoms with van der Waals surface area (Å²) in [5, 5.41) is 2.27. The van der Waals surface area contributed by atoms with Crippen molar-refractivity contribution in [2.75, 3.05) is 9.80 Å². The third-order valence-corrected chi connectivity index (χ3v) is 13.3. The molecule has 1 aliphatic heterocycles. The maximum absolute atomic E-state index is 6.98. The van der Waals surface area contributed by atoms with Crippen molar-refractivity contribution in [2.45, 2.75) is 111 Å². The fourth-order valence-corrected chi connectivity index (χ4v) is 9.29. The standard InChI is InChI=1S/C61H63N4O.Pt/c1-40(2)51-22-17-23-52(41(3)4)58(51)42-32-48(64-31-30-63(39-64)47-21-16-20-46(34-47)61(11,12)43-18-14-13-15-19-43)37-50(33-42)66-49-25-26-53-54-35-44(59(5,6)7)24-27-55(54)65(56(53)38-49)57-36-45(28-29-62-57)60(8,9)10;/h13-36,39-41H,1-12H3;/q-3;. The number of rotatable bonds is 10. The Morgan fingerprint density at radius 1 is 0.567 bits per heavy atom. The molecule has 2 aromatic heterocycles. The smallest absolute Gasteiger partial charge is 0.135 e. The number of ether oxygens (including phenoxy) is 1. The van der Waals surface area contributed by atoms with Crippen LogP contribution in [0.2, 0.25) is 0 Å². The fourth-order valence-electron chi connectivity index (χ4n) is 9.29. The van der Waals surface area contributed by atoms with Gasteiger partial charge in [-0.15, -0.1) is 53.6 Å². The van der Waals surface area contributed by atoms with Crippen LogP contribution in [-0.4, -0.2) is 9.55 Å². The Morgan fingerprint density at radius 3 is 1.91 bits per heavy atom. The van der Waals surface area contributed by atoms with Gasteiger partial charge in [-0.2, -0.15) is 6.07 Å². The molecule has 0 aliphatic carbocycles. The summed E-state index contributed by atoms with van der Waals surface area (Å²) in [6.07, 6.45) is 6.14. The molecule has 6 heteroatoms. The van der Waals surface area contributed by atoms with Crippen molar-refractivity contribution in [2.24, 2.45) is 0 Å². The van der Waals surface area contributed by atoms with Crippen LogP contribution in [0.25, 0.3) is 38.8 Å². The van der Waals surface area contributed by atoms with Crippen molar-refractivity contribution in [1.82, 2.24) is 9.55 Å². The predicted molar refractivity (Wildman–Crippen MR) is 277 cm³/mol. The van der Waals surface area contributed by atoms with E-state index >= 15 is 0 Å². The molecule has 1 aliphatic rings. The molecule has 8 aromatic rings. The van der Waals surface area contributed by atoms with E-state index in [1.807, 2.05) is 12.3 Å². The molecular formula is C61H63N4OPt-3. The second kappa shape index (κ2) is 18.3. The normalized spacial score (nSPS) is 13.3. The Bertz CT molecular complexity index is 3080. The summed E-state index contributed by atoms with van der Waals surface area (Å²) in [5.74, 6) is 2.72. The van der Waals surface area contributed by atoms with Crippen LogP contribution in [0.5, 0.6) is 11.5 Å². The van der Waals surface area contributed by atoms with Gasteiger partial charge in [-0.1, -0.05) is 161 Å². The van der Waals surface area contributed by atoms with Gasteiger partial charge in [-0.05, 0) is 110 Å². The van der Waals surface area contributed by atoms with E-state index in [1.165, 1.54) is 44.3 Å². The van der Waals surface area contributed by atoms with Crippen molar-refractivity contribution < 1.29 is 25.8 Å². The van der Waals surface area contributed by atoms with Crippen molar-refractivity contribution in [1.29, 1.82) is 0 Å². The average Bonchev–Trinajstić information content (AvgIpc) is 3.92. The zero-order chi connectivity index (χ0) is 46.7. The molecule has 0 N–H and O–H groups in total. The fraction of sp³-hybridized carbons (Fsp3) is 0.279. The molecule has 3 heterocycles. The van der Waals surface area contributed by atoms with E-state index in [-0.39, 0.29) is 37.3 Å². The van der Waals surface area contributed by atoms with E-state index in [0.29, 0.717) is 23.3 Å². The Hall–Kier alpha value is -5.90. The summed E-state index contributed by atoms with van der Waals surface area (Å²) >= 11 is 0. The molecule has 0 bridgehead atoms. The van der Waals surface area contributed by atoms with Gasteiger partial charge in [0.25, 0.3) is 0 Å². The quantitative estimate of drug-likeness (QED) is 0.128. The first-order chi connectivity index (χ1) is 31.4. The molecule has 67 heavy (non-hydrogen) atoms. The minimum Gasteiger partial charge on any atom is -0.509 e. The number of hydrogen-bond donors (Lipinski definition) is 0. The molecule has 346 valence electrons. The van der Waals surface area contributed by atoms with Gasteiger partial charge in [0.05, 0.1) is 0 Å². The van der Waals surface area contributed by atoms with Gasteiger partial charge in [-0.3, -0.25) is 0 Å². The van der Waals surface area contributed by atoms with E-state index in [9.17, 15) is 0 Å². The van der Waals surface area contributed by atoms with Crippen LogP contribution in [0.1, 0.15) is 128 Å². The van der Waals surface area contributed by atoms with Crippen molar-refractivity contribution in [3.63, 3.8) is 0 Å². The molecule has 0 amide bonds. The Labute approximate surface area is 413 Å². The minimum atomic E-state index is -0.163. The van der Waals surface area contributed by atoms with E-state index in [1.54, 1.807) is 0 Å². The maximum atomic E-state index is 6.98. The molecule has 5 nitrogen and oxygen atoms in total. The first-order valence-corrected chi connectivity index (χ1v) is 23.5. The van der Waals surface area contributed by atoms with E-state index in [2.05, 4.69) is 250 Å². The van der Waals surface area contributed by atoms with E-state index in [0.717, 1.165) is 39.2 Å². The number of hydrogen-bond acceptors (Lipinski definition) is 4. The van der Waals surface area contributed by atoms with Gasteiger partial charge >= 0.3 is 0 Å². The largest absolute Gasteiger partial charge is 0.509 e. The molecule has 0 saturated heterocycles. The monoisotopic (exact) mass is 1060 g/mol. The summed E-state index contributed by atoms with van der Waals surface area (Å²) in [7, 11) is 0. The Balaban J connectivity index is 0.00000608. The summed E-state index contributed by atoms with van der Waals surface area (Å²) in [6.45, 7) is 29.3. The topological polar surface area (TPSA) is 33.5 Å². The van der Waals surface area contributed by atoms with E-state index < -0.39 is 0 Å². The number of aromatic nitrogens is 2. The molecule has 0 unspecified atom stereocenters. The second-order valence-corrected chi connectivity index (χ2v) is 21.2. The number of benzene rings is 6. The van der Waals surface area contributed by atoms with Gasteiger partial charge in [0.2, 0.25) is 0 Å². The molecule has 6 aromatic carbocycles. The Kier molecular flexibility index (Phi) is 13.0. The number of anilines is 2. The van der Waals surface area contributed by atoms with Crippen molar-refractivity contribution >= 4 is 33.2 Å². The summed E-state index contributed by atoms with van der Waals surface area (Å²) in [6, 6.07) is 53.5. The van der Waals surface area contributed by atoms with Crippen LogP contribution in [-0.2, 0) is 37.3 Å². The predicted octanol–water partition coefficient (Wildman–Crippen LogP) is 16.3. The molecular weight excluding hydrogens is 1000 g/mol. The van der Waals surface area contributed by atoms with Crippen LogP contribution >= 0.6 is 0 Å². The first-order valence-electron chi connectivity index (χ1n) is 23.5. The number of fused-ring (bicyclic) bond motifs is 3. The van der Waals surface area contributed by atoms with Gasteiger partial charge in [0.15, 0.2) is 0 Å². The van der Waals surface area contributed by atoms with Gasteiger partial charge < -0.3 is 19.1 Å². The van der Waals surface area contributed by atoms with Crippen LogP contribution in [0.15, 0.2) is 146 Å². The molecule has 0 spiro atoms. The van der Waals surface area contributed by atoms with Gasteiger partial charge in [0.1, 0.15) is 5.82 Å². The van der Waals surface area contributed by atoms with Crippen LogP contribution in [0.3, 0.4) is 0 Å². The second-order valence-electron chi connectivity index (χ2n) is 21.2. The van der Waals surface area contributed by atoms with Crippen molar-refractivity contribution in [3.05, 3.63) is 198 Å². The number of pyridine rings is 1. The van der Waals surface area contributed by atoms with Crippen molar-refractivity contribution in [3.8, 4) is 28.4 Å². The molecule has 0 atom stereocenters. The van der Waals surface area contributed by atoms with Crippen LogP contribution < -0.4 is 14.5 Å². The molecule has 0 radical (unpaired) electrons. The van der Waals surface area contributed by atoms with E-state index in [4.69, 9.17) is 9.72 Å². The zero-order valence-electron chi connectivity index (χ0n) is 41.1. The summed E-state index contributed by atoms with van der Waals surface area (Å²) < 4.78 is 9.22. The average molecular weight is 1060 g/mol. The zero-order valence-corrected chi connectivity index (χ0v) is 43.4. The third kappa shape index (κ3) is 9.38. The molecule has 9 rings (SSSR count). The molecule has 0 fully saturated rings. The minimum absolute atomic E-state index is 0. The first kappa shape index (κ1) is 47.6. The van der Waals surface area contributed by atoms with Gasteiger partial charge in [-0.25, -0.2) is 4.98 Å². The maximum Gasteiger partial charge on any atom is 0.135 e. The third-order valence-electron chi connectivity index (χ3n) is 13.3. The molecule has 0 saturated carbocycles. The Morgan fingerprint density at radius 2 is 1.22 bits per heavy atom. The summed E-state index contributed by atoms with van der Waals surface area (Å²) in [4.78, 5) is 9.29. The summed E-state index contributed by atoms with van der Waals surface area (Å²) in [5.41, 5.74) is 13.7. The number of nitrogens with zero attached hydrogens (tertiary/aromatic N) is 4. The van der Waals surface area contributed by atoms with Gasteiger partial charge in [0, 0.05) is 55.4 Å². The van der Waals surface area contributed by atoms with Crippen LogP contribution in [0.4, 0.5) is 11.4 Å².